The van der Waals surface area contributed by atoms with E-state index in [2.05, 4.69) is 17.8 Å². The summed E-state index contributed by atoms with van der Waals surface area (Å²) >= 11 is 0. The van der Waals surface area contributed by atoms with Gasteiger partial charge in [-0.15, -0.1) is 0 Å². The van der Waals surface area contributed by atoms with Crippen molar-refractivity contribution in [3.05, 3.63) is 35.4 Å². The molecule has 0 unspecified atom stereocenters. The van der Waals surface area contributed by atoms with Crippen molar-refractivity contribution in [2.75, 3.05) is 13.2 Å². The van der Waals surface area contributed by atoms with Crippen LogP contribution in [0.15, 0.2) is 29.8 Å². The van der Waals surface area contributed by atoms with Crippen LogP contribution in [0.2, 0.25) is 0 Å². The molecule has 90 valence electrons. The van der Waals surface area contributed by atoms with E-state index >= 15 is 0 Å². The molecular weight excluding hydrogens is 216 g/mol. The summed E-state index contributed by atoms with van der Waals surface area (Å²) in [6.07, 6.45) is 2.83. The Morgan fingerprint density at radius 1 is 1.41 bits per heavy atom. The van der Waals surface area contributed by atoms with Gasteiger partial charge in [-0.1, -0.05) is 25.1 Å². The van der Waals surface area contributed by atoms with Crippen LogP contribution in [-0.2, 0) is 4.79 Å². The Morgan fingerprint density at radius 2 is 2.24 bits per heavy atom. The van der Waals surface area contributed by atoms with E-state index in [0.29, 0.717) is 13.2 Å². The molecule has 0 aromatic heterocycles. The van der Waals surface area contributed by atoms with Gasteiger partial charge in [-0.2, -0.15) is 0 Å². The first-order chi connectivity index (χ1) is 8.31. The summed E-state index contributed by atoms with van der Waals surface area (Å²) in [5.74, 6) is 0.747. The van der Waals surface area contributed by atoms with Crippen molar-refractivity contribution in [2.24, 2.45) is 0 Å². The smallest absolute Gasteiger partial charge is 0.262 e. The lowest BCUT2D eigenvalue weighted by Gasteiger charge is -2.08. The molecule has 1 aromatic carbocycles. The molecule has 17 heavy (non-hydrogen) atoms. The molecule has 2 rings (SSSR count). The summed E-state index contributed by atoms with van der Waals surface area (Å²) in [5, 5.41) is 0. The van der Waals surface area contributed by atoms with Crippen molar-refractivity contribution in [1.29, 1.82) is 0 Å². The van der Waals surface area contributed by atoms with E-state index in [1.165, 1.54) is 0 Å². The van der Waals surface area contributed by atoms with Crippen molar-refractivity contribution >= 4 is 12.0 Å². The molecule has 1 amide bonds. The lowest BCUT2D eigenvalue weighted by molar-refractivity contribution is -0.116. The zero-order valence-corrected chi connectivity index (χ0v) is 9.82. The van der Waals surface area contributed by atoms with Crippen LogP contribution >= 0.6 is 0 Å². The van der Waals surface area contributed by atoms with Crippen molar-refractivity contribution in [3.63, 3.8) is 0 Å². The Labute approximate surface area is 101 Å². The Morgan fingerprint density at radius 3 is 2.94 bits per heavy atom. The molecule has 1 aromatic rings. The molecule has 1 heterocycles. The lowest BCUT2D eigenvalue weighted by Crippen LogP contribution is -2.25. The SMILES string of the molecule is CCCOc1ccccc1/C=C1\CNNC1=O. The van der Waals surface area contributed by atoms with Crippen molar-refractivity contribution in [3.8, 4) is 5.75 Å². The largest absolute Gasteiger partial charge is 0.493 e. The first-order valence-corrected chi connectivity index (χ1v) is 5.77. The number of carbonyl (C=O) groups excluding carboxylic acids is 1. The fourth-order valence-corrected chi connectivity index (χ4v) is 1.63. The number of rotatable bonds is 4. The van der Waals surface area contributed by atoms with Gasteiger partial charge in [0.15, 0.2) is 0 Å². The van der Waals surface area contributed by atoms with E-state index in [-0.39, 0.29) is 5.91 Å². The summed E-state index contributed by atoms with van der Waals surface area (Å²) in [4.78, 5) is 11.4. The van der Waals surface area contributed by atoms with Gasteiger partial charge in [0.05, 0.1) is 6.61 Å². The quantitative estimate of drug-likeness (QED) is 0.773. The van der Waals surface area contributed by atoms with Crippen LogP contribution in [-0.4, -0.2) is 19.1 Å². The zero-order chi connectivity index (χ0) is 12.1. The van der Waals surface area contributed by atoms with Gasteiger partial charge in [0, 0.05) is 17.7 Å². The van der Waals surface area contributed by atoms with Crippen molar-refractivity contribution < 1.29 is 9.53 Å². The summed E-state index contributed by atoms with van der Waals surface area (Å²) in [6, 6.07) is 7.73. The molecule has 4 nitrogen and oxygen atoms in total. The molecule has 0 bridgehead atoms. The summed E-state index contributed by atoms with van der Waals surface area (Å²) in [7, 11) is 0. The normalized spacial score (nSPS) is 17.2. The van der Waals surface area contributed by atoms with Gasteiger partial charge in [0.2, 0.25) is 0 Å². The molecule has 0 atom stereocenters. The third kappa shape index (κ3) is 2.85. The highest BCUT2D eigenvalue weighted by atomic mass is 16.5. The number of hydrazine groups is 1. The maximum Gasteiger partial charge on any atom is 0.262 e. The van der Waals surface area contributed by atoms with Crippen LogP contribution in [0.3, 0.4) is 0 Å². The number of carbonyl (C=O) groups is 1. The predicted octanol–water partition coefficient (Wildman–Crippen LogP) is 1.49. The third-order valence-corrected chi connectivity index (χ3v) is 2.48. The first-order valence-electron chi connectivity index (χ1n) is 5.77. The zero-order valence-electron chi connectivity index (χ0n) is 9.82. The average molecular weight is 232 g/mol. The van der Waals surface area contributed by atoms with Crippen LogP contribution in [0.4, 0.5) is 0 Å². The second kappa shape index (κ2) is 5.50. The fraction of sp³-hybridized carbons (Fsp3) is 0.308. The van der Waals surface area contributed by atoms with Crippen LogP contribution in [0.5, 0.6) is 5.75 Å². The van der Waals surface area contributed by atoms with Gasteiger partial charge in [0.1, 0.15) is 5.75 Å². The van der Waals surface area contributed by atoms with Gasteiger partial charge in [-0.25, -0.2) is 5.43 Å². The highest BCUT2D eigenvalue weighted by Crippen LogP contribution is 2.21. The van der Waals surface area contributed by atoms with Crippen LogP contribution in [0, 0.1) is 0 Å². The van der Waals surface area contributed by atoms with Crippen LogP contribution in [0.1, 0.15) is 18.9 Å². The first kappa shape index (κ1) is 11.7. The minimum Gasteiger partial charge on any atom is -0.493 e. The molecule has 0 spiro atoms. The van der Waals surface area contributed by atoms with E-state index in [1.807, 2.05) is 30.3 Å². The molecule has 1 saturated heterocycles. The molecule has 1 aliphatic rings. The maximum atomic E-state index is 11.4. The number of nitrogens with one attached hydrogen (secondary N) is 2. The predicted molar refractivity (Wildman–Crippen MR) is 66.4 cm³/mol. The molecule has 4 heteroatoms. The minimum absolute atomic E-state index is 0.0738. The number of amides is 1. The molecular formula is C13H16N2O2. The second-order valence-corrected chi connectivity index (χ2v) is 3.86. The lowest BCUT2D eigenvalue weighted by atomic mass is 10.1. The average Bonchev–Trinajstić information content (AvgIpc) is 2.74. The molecule has 0 radical (unpaired) electrons. The van der Waals surface area contributed by atoms with E-state index in [9.17, 15) is 4.79 Å². The van der Waals surface area contributed by atoms with E-state index in [1.54, 1.807) is 0 Å². The number of benzene rings is 1. The van der Waals surface area contributed by atoms with Crippen LogP contribution in [0.25, 0.3) is 6.08 Å². The van der Waals surface area contributed by atoms with E-state index in [0.717, 1.165) is 23.3 Å². The third-order valence-electron chi connectivity index (χ3n) is 2.48. The Bertz CT molecular complexity index is 441. The van der Waals surface area contributed by atoms with Gasteiger partial charge in [-0.3, -0.25) is 10.2 Å². The summed E-state index contributed by atoms with van der Waals surface area (Å²) < 4.78 is 5.64. The number of para-hydroxylation sites is 1. The molecule has 2 N–H and O–H groups in total. The Hall–Kier alpha value is -1.81. The molecule has 0 saturated carbocycles. The molecule has 1 aliphatic heterocycles. The van der Waals surface area contributed by atoms with E-state index in [4.69, 9.17) is 4.74 Å². The number of hydrogen-bond acceptors (Lipinski definition) is 3. The Kier molecular flexibility index (Phi) is 3.77. The van der Waals surface area contributed by atoms with Gasteiger partial charge in [0.25, 0.3) is 5.91 Å². The number of hydrogen-bond donors (Lipinski definition) is 2. The topological polar surface area (TPSA) is 50.4 Å². The van der Waals surface area contributed by atoms with Crippen molar-refractivity contribution in [2.45, 2.75) is 13.3 Å². The minimum atomic E-state index is -0.0738. The summed E-state index contributed by atoms with van der Waals surface area (Å²) in [6.45, 7) is 3.29. The summed E-state index contributed by atoms with van der Waals surface area (Å²) in [5.41, 5.74) is 7.01. The number of ether oxygens (including phenoxy) is 1. The Balaban J connectivity index is 2.22. The second-order valence-electron chi connectivity index (χ2n) is 3.86. The van der Waals surface area contributed by atoms with Gasteiger partial charge >= 0.3 is 0 Å². The standard InChI is InChI=1S/C13H16N2O2/c1-2-7-17-12-6-4-3-5-10(12)8-11-9-14-15-13(11)16/h3-6,8,14H,2,7,9H2,1H3,(H,15,16)/b11-8+. The van der Waals surface area contributed by atoms with E-state index < -0.39 is 0 Å². The molecule has 1 fully saturated rings. The van der Waals surface area contributed by atoms with Crippen LogP contribution < -0.4 is 15.6 Å². The van der Waals surface area contributed by atoms with Gasteiger partial charge < -0.3 is 4.74 Å². The monoisotopic (exact) mass is 232 g/mol. The van der Waals surface area contributed by atoms with Gasteiger partial charge in [-0.05, 0) is 18.6 Å². The highest BCUT2D eigenvalue weighted by molar-refractivity contribution is 6.00. The van der Waals surface area contributed by atoms with Crippen molar-refractivity contribution in [1.82, 2.24) is 10.9 Å². The fourth-order valence-electron chi connectivity index (χ4n) is 1.63. The maximum absolute atomic E-state index is 11.4. The molecule has 0 aliphatic carbocycles. The highest BCUT2D eigenvalue weighted by Gasteiger charge is 2.16.